The first-order chi connectivity index (χ1) is 8.19. The molecule has 1 aliphatic heterocycles. The molecule has 94 valence electrons. The molecule has 0 amide bonds. The highest BCUT2D eigenvalue weighted by molar-refractivity contribution is 5.22. The topological polar surface area (TPSA) is 23.5 Å². The molecule has 0 spiro atoms. The first-order valence-corrected chi connectivity index (χ1v) is 6.61. The highest BCUT2D eigenvalue weighted by Crippen LogP contribution is 2.23. The number of hydrogen-bond donors (Lipinski definition) is 1. The quantitative estimate of drug-likeness (QED) is 0.867. The third kappa shape index (κ3) is 3.30. The fourth-order valence-electron chi connectivity index (χ4n) is 2.68. The molecule has 0 bridgehead atoms. The highest BCUT2D eigenvalue weighted by Gasteiger charge is 2.22. The summed E-state index contributed by atoms with van der Waals surface area (Å²) < 4.78 is 0. The smallest absolute Gasteiger partial charge is 0.0681 e. The van der Waals surface area contributed by atoms with Gasteiger partial charge in [0.25, 0.3) is 0 Å². The summed E-state index contributed by atoms with van der Waals surface area (Å²) in [5, 5.41) is 9.01. The van der Waals surface area contributed by atoms with Crippen LogP contribution in [0.2, 0.25) is 0 Å². The number of benzene rings is 1. The van der Waals surface area contributed by atoms with Crippen LogP contribution in [0.3, 0.4) is 0 Å². The Morgan fingerprint density at radius 1 is 1.18 bits per heavy atom. The molecule has 2 unspecified atom stereocenters. The van der Waals surface area contributed by atoms with Crippen LogP contribution < -0.4 is 0 Å². The minimum Gasteiger partial charge on any atom is -0.392 e. The standard InChI is InChI=1S/C15H23NO/c1-12-7-8-16(13(2)9-12)10-14-3-5-15(11-17)6-4-14/h3-6,12-13,17H,7-11H2,1-2H3. The summed E-state index contributed by atoms with van der Waals surface area (Å²) in [5.74, 6) is 0.873. The van der Waals surface area contributed by atoms with Gasteiger partial charge in [-0.1, -0.05) is 31.2 Å². The molecule has 1 fully saturated rings. The van der Waals surface area contributed by atoms with Gasteiger partial charge in [-0.25, -0.2) is 0 Å². The van der Waals surface area contributed by atoms with E-state index in [-0.39, 0.29) is 6.61 Å². The molecule has 1 N–H and O–H groups in total. The predicted molar refractivity (Wildman–Crippen MR) is 70.6 cm³/mol. The van der Waals surface area contributed by atoms with E-state index in [1.165, 1.54) is 24.9 Å². The van der Waals surface area contributed by atoms with Crippen molar-refractivity contribution < 1.29 is 5.11 Å². The van der Waals surface area contributed by atoms with Crippen molar-refractivity contribution in [1.82, 2.24) is 4.90 Å². The van der Waals surface area contributed by atoms with E-state index in [2.05, 4.69) is 30.9 Å². The van der Waals surface area contributed by atoms with Gasteiger partial charge in [0.05, 0.1) is 6.61 Å². The molecule has 17 heavy (non-hydrogen) atoms. The van der Waals surface area contributed by atoms with Gasteiger partial charge in [-0.3, -0.25) is 4.90 Å². The Kier molecular flexibility index (Phi) is 4.19. The van der Waals surface area contributed by atoms with Gasteiger partial charge in [-0.15, -0.1) is 0 Å². The third-order valence-corrected chi connectivity index (χ3v) is 3.87. The van der Waals surface area contributed by atoms with E-state index < -0.39 is 0 Å². The Morgan fingerprint density at radius 3 is 2.41 bits per heavy atom. The van der Waals surface area contributed by atoms with E-state index in [9.17, 15) is 0 Å². The number of likely N-dealkylation sites (tertiary alicyclic amines) is 1. The summed E-state index contributed by atoms with van der Waals surface area (Å²) in [7, 11) is 0. The van der Waals surface area contributed by atoms with Crippen molar-refractivity contribution in [2.24, 2.45) is 5.92 Å². The van der Waals surface area contributed by atoms with Crippen LogP contribution in [0.15, 0.2) is 24.3 Å². The van der Waals surface area contributed by atoms with Gasteiger partial charge in [0.1, 0.15) is 0 Å². The number of aliphatic hydroxyl groups excluding tert-OH is 1. The molecular weight excluding hydrogens is 210 g/mol. The normalized spacial score (nSPS) is 26.1. The minimum absolute atomic E-state index is 0.137. The zero-order valence-corrected chi connectivity index (χ0v) is 10.9. The summed E-state index contributed by atoms with van der Waals surface area (Å²) in [5.41, 5.74) is 2.35. The second-order valence-electron chi connectivity index (χ2n) is 5.42. The SMILES string of the molecule is CC1CCN(Cc2ccc(CO)cc2)C(C)C1. The second kappa shape index (κ2) is 5.65. The van der Waals surface area contributed by atoms with Crippen LogP contribution in [0.1, 0.15) is 37.8 Å². The molecule has 0 saturated carbocycles. The molecule has 2 atom stereocenters. The first-order valence-electron chi connectivity index (χ1n) is 6.61. The van der Waals surface area contributed by atoms with Crippen LogP contribution in [-0.4, -0.2) is 22.6 Å². The van der Waals surface area contributed by atoms with Gasteiger partial charge in [0.15, 0.2) is 0 Å². The Morgan fingerprint density at radius 2 is 1.82 bits per heavy atom. The summed E-state index contributed by atoms with van der Waals surface area (Å²) in [6.45, 7) is 7.07. The van der Waals surface area contributed by atoms with E-state index in [1.807, 2.05) is 12.1 Å². The number of piperidine rings is 1. The average molecular weight is 233 g/mol. The lowest BCUT2D eigenvalue weighted by atomic mass is 9.93. The van der Waals surface area contributed by atoms with Gasteiger partial charge < -0.3 is 5.11 Å². The van der Waals surface area contributed by atoms with Gasteiger partial charge in [-0.05, 0) is 43.4 Å². The van der Waals surface area contributed by atoms with Crippen LogP contribution in [0.25, 0.3) is 0 Å². The number of rotatable bonds is 3. The minimum atomic E-state index is 0.137. The first kappa shape index (κ1) is 12.6. The van der Waals surface area contributed by atoms with Crippen LogP contribution in [0.5, 0.6) is 0 Å². The molecule has 0 radical (unpaired) electrons. The fraction of sp³-hybridized carbons (Fsp3) is 0.600. The Labute approximate surface area is 104 Å². The molecule has 0 aromatic heterocycles. The van der Waals surface area contributed by atoms with Gasteiger partial charge >= 0.3 is 0 Å². The van der Waals surface area contributed by atoms with Crippen molar-refractivity contribution in [1.29, 1.82) is 0 Å². The fourth-order valence-corrected chi connectivity index (χ4v) is 2.68. The lowest BCUT2D eigenvalue weighted by Gasteiger charge is -2.36. The van der Waals surface area contributed by atoms with Gasteiger partial charge in [-0.2, -0.15) is 0 Å². The van der Waals surface area contributed by atoms with Crippen molar-refractivity contribution in [2.45, 2.75) is 45.9 Å². The molecule has 1 aliphatic rings. The molecule has 2 nitrogen and oxygen atoms in total. The Bertz CT molecular complexity index is 346. The average Bonchev–Trinajstić information content (AvgIpc) is 2.34. The van der Waals surface area contributed by atoms with E-state index in [4.69, 9.17) is 5.11 Å². The molecule has 1 saturated heterocycles. The number of nitrogens with zero attached hydrogens (tertiary/aromatic N) is 1. The number of aliphatic hydroxyl groups is 1. The van der Waals surface area contributed by atoms with Crippen LogP contribution in [0, 0.1) is 5.92 Å². The van der Waals surface area contributed by atoms with E-state index >= 15 is 0 Å². The van der Waals surface area contributed by atoms with Crippen molar-refractivity contribution in [3.05, 3.63) is 35.4 Å². The lowest BCUT2D eigenvalue weighted by Crippen LogP contribution is -2.39. The molecule has 2 rings (SSSR count). The van der Waals surface area contributed by atoms with Crippen molar-refractivity contribution in [2.75, 3.05) is 6.54 Å². The van der Waals surface area contributed by atoms with Crippen LogP contribution >= 0.6 is 0 Å². The van der Waals surface area contributed by atoms with Crippen molar-refractivity contribution in [3.8, 4) is 0 Å². The van der Waals surface area contributed by atoms with Crippen LogP contribution in [-0.2, 0) is 13.2 Å². The Balaban J connectivity index is 1.95. The summed E-state index contributed by atoms with van der Waals surface area (Å²) in [4.78, 5) is 2.56. The molecule has 2 heteroatoms. The molecule has 1 aromatic carbocycles. The maximum Gasteiger partial charge on any atom is 0.0681 e. The van der Waals surface area contributed by atoms with E-state index in [0.717, 1.165) is 18.0 Å². The molecular formula is C15H23NO. The maximum atomic E-state index is 9.01. The van der Waals surface area contributed by atoms with Crippen LogP contribution in [0.4, 0.5) is 0 Å². The highest BCUT2D eigenvalue weighted by atomic mass is 16.3. The maximum absolute atomic E-state index is 9.01. The zero-order chi connectivity index (χ0) is 12.3. The monoisotopic (exact) mass is 233 g/mol. The van der Waals surface area contributed by atoms with E-state index in [1.54, 1.807) is 0 Å². The Hall–Kier alpha value is -0.860. The number of hydrogen-bond acceptors (Lipinski definition) is 2. The lowest BCUT2D eigenvalue weighted by molar-refractivity contribution is 0.122. The largest absolute Gasteiger partial charge is 0.392 e. The molecule has 1 aromatic rings. The van der Waals surface area contributed by atoms with Gasteiger partial charge in [0, 0.05) is 12.6 Å². The summed E-state index contributed by atoms with van der Waals surface area (Å²) >= 11 is 0. The summed E-state index contributed by atoms with van der Waals surface area (Å²) in [6, 6.07) is 9.00. The summed E-state index contributed by atoms with van der Waals surface area (Å²) in [6.07, 6.45) is 2.63. The van der Waals surface area contributed by atoms with Crippen molar-refractivity contribution in [3.63, 3.8) is 0 Å². The predicted octanol–water partition coefficient (Wildman–Crippen LogP) is 2.80. The molecule has 0 aliphatic carbocycles. The van der Waals surface area contributed by atoms with E-state index in [0.29, 0.717) is 6.04 Å². The zero-order valence-electron chi connectivity index (χ0n) is 10.9. The second-order valence-corrected chi connectivity index (χ2v) is 5.42. The van der Waals surface area contributed by atoms with Gasteiger partial charge in [0.2, 0.25) is 0 Å². The molecule has 1 heterocycles. The third-order valence-electron chi connectivity index (χ3n) is 3.87. The van der Waals surface area contributed by atoms with Crippen molar-refractivity contribution >= 4 is 0 Å².